The van der Waals surface area contributed by atoms with Crippen molar-refractivity contribution in [3.05, 3.63) is 38.9 Å². The number of benzene rings is 1. The topological polar surface area (TPSA) is 48.8 Å². The Bertz CT molecular complexity index is 966. The molecule has 3 rings (SSSR count). The molecule has 0 unspecified atom stereocenters. The summed E-state index contributed by atoms with van der Waals surface area (Å²) in [7, 11) is 0. The SMILES string of the molecule is Cc1cc(C(N)=S)c(C)c(C)c1-n1nc(C(F)(F)F)n(C2CCCC2)c1=S. The van der Waals surface area contributed by atoms with E-state index in [-0.39, 0.29) is 15.8 Å². The summed E-state index contributed by atoms with van der Waals surface area (Å²) in [5.41, 5.74) is 9.34. The third-order valence-corrected chi connectivity index (χ3v) is 5.88. The highest BCUT2D eigenvalue weighted by Crippen LogP contribution is 2.37. The van der Waals surface area contributed by atoms with Crippen LogP contribution in [0.3, 0.4) is 0 Å². The molecule has 0 spiro atoms. The van der Waals surface area contributed by atoms with E-state index in [0.29, 0.717) is 24.1 Å². The molecule has 1 fully saturated rings. The van der Waals surface area contributed by atoms with Gasteiger partial charge in [0, 0.05) is 11.6 Å². The monoisotopic (exact) mass is 414 g/mol. The van der Waals surface area contributed by atoms with Crippen LogP contribution in [0.15, 0.2) is 6.07 Å². The van der Waals surface area contributed by atoms with Gasteiger partial charge in [-0.15, -0.1) is 5.10 Å². The molecule has 1 aromatic carbocycles. The van der Waals surface area contributed by atoms with Gasteiger partial charge in [-0.3, -0.25) is 4.57 Å². The predicted molar refractivity (Wildman–Crippen MR) is 105 cm³/mol. The summed E-state index contributed by atoms with van der Waals surface area (Å²) in [4.78, 5) is 0.251. The van der Waals surface area contributed by atoms with Crippen molar-refractivity contribution in [3.8, 4) is 5.69 Å². The fourth-order valence-corrected chi connectivity index (χ4v) is 4.44. The summed E-state index contributed by atoms with van der Waals surface area (Å²) in [5.74, 6) is -0.936. The molecule has 1 heterocycles. The molecule has 0 bridgehead atoms. The second kappa shape index (κ2) is 7.01. The van der Waals surface area contributed by atoms with E-state index < -0.39 is 12.0 Å². The van der Waals surface area contributed by atoms with Crippen LogP contribution in [-0.4, -0.2) is 19.3 Å². The number of rotatable bonds is 3. The molecule has 0 radical (unpaired) electrons. The average Bonchev–Trinajstić information content (AvgIpc) is 3.18. The smallest absolute Gasteiger partial charge is 0.389 e. The highest BCUT2D eigenvalue weighted by Gasteiger charge is 2.41. The van der Waals surface area contributed by atoms with Crippen LogP contribution in [0, 0.1) is 25.5 Å². The molecule has 2 N–H and O–H groups in total. The summed E-state index contributed by atoms with van der Waals surface area (Å²) >= 11 is 10.5. The number of thiocarbonyl (C=S) groups is 1. The number of halogens is 3. The first-order valence-electron chi connectivity index (χ1n) is 8.73. The summed E-state index contributed by atoms with van der Waals surface area (Å²) in [6.07, 6.45) is -1.42. The van der Waals surface area contributed by atoms with Gasteiger partial charge in [0.25, 0.3) is 0 Å². The second-order valence-corrected chi connectivity index (χ2v) is 7.83. The molecule has 1 aliphatic carbocycles. The zero-order chi connectivity index (χ0) is 20.1. The molecular formula is C18H21F3N4S2. The molecule has 146 valence electrons. The summed E-state index contributed by atoms with van der Waals surface area (Å²) in [5, 5.41) is 3.92. The van der Waals surface area contributed by atoms with Gasteiger partial charge in [-0.1, -0.05) is 25.1 Å². The largest absolute Gasteiger partial charge is 0.451 e. The minimum Gasteiger partial charge on any atom is -0.389 e. The van der Waals surface area contributed by atoms with E-state index in [1.54, 1.807) is 13.0 Å². The van der Waals surface area contributed by atoms with Crippen molar-refractivity contribution in [1.29, 1.82) is 0 Å². The Morgan fingerprint density at radius 1 is 1.19 bits per heavy atom. The van der Waals surface area contributed by atoms with Gasteiger partial charge in [-0.2, -0.15) is 13.2 Å². The van der Waals surface area contributed by atoms with Gasteiger partial charge < -0.3 is 5.73 Å². The lowest BCUT2D eigenvalue weighted by molar-refractivity contribution is -0.148. The van der Waals surface area contributed by atoms with Crippen molar-refractivity contribution in [3.63, 3.8) is 0 Å². The lowest BCUT2D eigenvalue weighted by Gasteiger charge is -2.16. The van der Waals surface area contributed by atoms with E-state index in [2.05, 4.69) is 5.10 Å². The number of alkyl halides is 3. The maximum Gasteiger partial charge on any atom is 0.451 e. The highest BCUT2D eigenvalue weighted by atomic mass is 32.1. The molecule has 1 aromatic heterocycles. The first-order chi connectivity index (χ1) is 12.5. The molecular weight excluding hydrogens is 393 g/mol. The summed E-state index contributed by atoms with van der Waals surface area (Å²) in [6.45, 7) is 5.46. The van der Waals surface area contributed by atoms with Crippen molar-refractivity contribution in [2.24, 2.45) is 5.73 Å². The van der Waals surface area contributed by atoms with Crippen molar-refractivity contribution < 1.29 is 13.2 Å². The molecule has 0 atom stereocenters. The number of nitrogens with two attached hydrogens (primary N) is 1. The fraction of sp³-hybridized carbons (Fsp3) is 0.500. The molecule has 2 aromatic rings. The van der Waals surface area contributed by atoms with Crippen LogP contribution in [0.5, 0.6) is 0 Å². The van der Waals surface area contributed by atoms with Crippen molar-refractivity contribution in [2.45, 2.75) is 58.7 Å². The Labute approximate surface area is 166 Å². The second-order valence-electron chi connectivity index (χ2n) is 7.03. The molecule has 9 heteroatoms. The number of aryl methyl sites for hydroxylation is 1. The van der Waals surface area contributed by atoms with Crippen molar-refractivity contribution in [1.82, 2.24) is 14.3 Å². The van der Waals surface area contributed by atoms with Crippen LogP contribution in [0.25, 0.3) is 5.69 Å². The zero-order valence-corrected chi connectivity index (χ0v) is 17.0. The molecule has 1 saturated carbocycles. The van der Waals surface area contributed by atoms with E-state index in [1.165, 1.54) is 9.25 Å². The van der Waals surface area contributed by atoms with Gasteiger partial charge in [-0.25, -0.2) is 4.68 Å². The maximum atomic E-state index is 13.7. The number of hydrogen-bond acceptors (Lipinski definition) is 3. The third-order valence-electron chi connectivity index (χ3n) is 5.29. The number of aromatic nitrogens is 3. The van der Waals surface area contributed by atoms with Crippen molar-refractivity contribution >= 4 is 29.4 Å². The Morgan fingerprint density at radius 3 is 2.30 bits per heavy atom. The number of hydrogen-bond donors (Lipinski definition) is 1. The molecule has 1 aliphatic rings. The van der Waals surface area contributed by atoms with Crippen molar-refractivity contribution in [2.75, 3.05) is 0 Å². The quantitative estimate of drug-likeness (QED) is 0.710. The standard InChI is InChI=1S/C18H21F3N4S2/c1-9-8-13(15(22)26)10(2)11(3)14(9)25-17(27)24(12-6-4-5-7-12)16(23-25)18(19,20)21/h8,12H,4-7H2,1-3H3,(H2,22,26). The van der Waals surface area contributed by atoms with Gasteiger partial charge in [0.15, 0.2) is 0 Å². The van der Waals surface area contributed by atoms with Crippen LogP contribution in [0.1, 0.15) is 59.8 Å². The lowest BCUT2D eigenvalue weighted by Crippen LogP contribution is -2.18. The molecule has 27 heavy (non-hydrogen) atoms. The van der Waals surface area contributed by atoms with Crippen LogP contribution < -0.4 is 5.73 Å². The molecule has 0 amide bonds. The third kappa shape index (κ3) is 3.42. The van der Waals surface area contributed by atoms with Gasteiger partial charge in [-0.05, 0) is 68.6 Å². The average molecular weight is 415 g/mol. The normalized spacial score (nSPS) is 15.5. The summed E-state index contributed by atoms with van der Waals surface area (Å²) in [6, 6.07) is 1.52. The molecule has 0 saturated heterocycles. The van der Waals surface area contributed by atoms with E-state index in [4.69, 9.17) is 30.2 Å². The van der Waals surface area contributed by atoms with E-state index in [9.17, 15) is 13.2 Å². The zero-order valence-electron chi connectivity index (χ0n) is 15.4. The minimum absolute atomic E-state index is 0.0721. The first-order valence-corrected chi connectivity index (χ1v) is 9.55. The summed E-state index contributed by atoms with van der Waals surface area (Å²) < 4.78 is 43.6. The lowest BCUT2D eigenvalue weighted by atomic mass is 9.97. The first kappa shape index (κ1) is 20.0. The maximum absolute atomic E-state index is 13.7. The van der Waals surface area contributed by atoms with Crippen LogP contribution in [0.4, 0.5) is 13.2 Å². The van der Waals surface area contributed by atoms with E-state index in [0.717, 1.165) is 29.5 Å². The van der Waals surface area contributed by atoms with Crippen LogP contribution >= 0.6 is 24.4 Å². The van der Waals surface area contributed by atoms with Gasteiger partial charge in [0.1, 0.15) is 4.99 Å². The minimum atomic E-state index is -4.57. The predicted octanol–water partition coefficient (Wildman–Crippen LogP) is 5.10. The Balaban J connectivity index is 2.29. The van der Waals surface area contributed by atoms with Gasteiger partial charge in [0.2, 0.25) is 10.6 Å². The van der Waals surface area contributed by atoms with Gasteiger partial charge in [0.05, 0.1) is 5.69 Å². The van der Waals surface area contributed by atoms with Crippen LogP contribution in [0.2, 0.25) is 0 Å². The molecule has 4 nitrogen and oxygen atoms in total. The van der Waals surface area contributed by atoms with E-state index >= 15 is 0 Å². The number of nitrogens with zero attached hydrogens (tertiary/aromatic N) is 3. The molecule has 0 aliphatic heterocycles. The van der Waals surface area contributed by atoms with Crippen LogP contribution in [-0.2, 0) is 6.18 Å². The van der Waals surface area contributed by atoms with E-state index in [1.807, 2.05) is 13.8 Å². The van der Waals surface area contributed by atoms with Gasteiger partial charge >= 0.3 is 6.18 Å². The Morgan fingerprint density at radius 2 is 1.78 bits per heavy atom. The Kier molecular flexibility index (Phi) is 5.20. The fourth-order valence-electron chi connectivity index (χ4n) is 3.86. The Hall–Kier alpha value is -1.74. The highest BCUT2D eigenvalue weighted by molar-refractivity contribution is 7.80.